The quantitative estimate of drug-likeness (QED) is 0.906. The number of halogens is 1. The minimum absolute atomic E-state index is 0.312. The second-order valence-electron chi connectivity index (χ2n) is 5.59. The molecule has 1 aliphatic heterocycles. The third-order valence-corrected chi connectivity index (χ3v) is 4.33. The predicted octanol–water partition coefficient (Wildman–Crippen LogP) is 3.32. The minimum Gasteiger partial charge on any atom is -0.329 e. The van der Waals surface area contributed by atoms with E-state index >= 15 is 0 Å². The summed E-state index contributed by atoms with van der Waals surface area (Å²) in [6.07, 6.45) is 1.29. The molecule has 0 saturated carbocycles. The van der Waals surface area contributed by atoms with Crippen LogP contribution in [0.25, 0.3) is 0 Å². The van der Waals surface area contributed by atoms with Gasteiger partial charge < -0.3 is 5.73 Å². The van der Waals surface area contributed by atoms with Crippen LogP contribution in [0.5, 0.6) is 0 Å². The van der Waals surface area contributed by atoms with Gasteiger partial charge in [-0.2, -0.15) is 0 Å². The summed E-state index contributed by atoms with van der Waals surface area (Å²) in [5.74, 6) is 1.56. The lowest BCUT2D eigenvalue weighted by atomic mass is 9.95. The van der Waals surface area contributed by atoms with Crippen LogP contribution >= 0.6 is 11.6 Å². The largest absolute Gasteiger partial charge is 0.329 e. The molecule has 0 amide bonds. The molecule has 0 aromatic heterocycles. The molecule has 0 bridgehead atoms. The second-order valence-corrected chi connectivity index (χ2v) is 6.03. The summed E-state index contributed by atoms with van der Waals surface area (Å²) >= 11 is 6.07. The summed E-state index contributed by atoms with van der Waals surface area (Å²) in [5, 5.41) is 0.797. The Hall–Kier alpha value is -0.570. The van der Waals surface area contributed by atoms with Crippen molar-refractivity contribution < 1.29 is 0 Å². The fourth-order valence-corrected chi connectivity index (χ4v) is 3.05. The van der Waals surface area contributed by atoms with Crippen LogP contribution in [0.15, 0.2) is 24.3 Å². The van der Waals surface area contributed by atoms with Crippen LogP contribution in [0, 0.1) is 11.8 Å². The Kier molecular flexibility index (Phi) is 4.66. The number of likely N-dealkylation sites (tertiary alicyclic amines) is 1. The Morgan fingerprint density at radius 2 is 2.22 bits per heavy atom. The van der Waals surface area contributed by atoms with Crippen molar-refractivity contribution in [3.63, 3.8) is 0 Å². The fourth-order valence-electron chi connectivity index (χ4n) is 2.85. The number of nitrogens with two attached hydrogens (primary N) is 1. The molecule has 1 heterocycles. The van der Waals surface area contributed by atoms with Gasteiger partial charge in [0.2, 0.25) is 0 Å². The smallest absolute Gasteiger partial charge is 0.0471 e. The van der Waals surface area contributed by atoms with Gasteiger partial charge in [-0.05, 0) is 42.5 Å². The molecular weight excluding hydrogens is 244 g/mol. The van der Waals surface area contributed by atoms with Gasteiger partial charge in [-0.3, -0.25) is 4.90 Å². The van der Waals surface area contributed by atoms with Gasteiger partial charge in [-0.15, -0.1) is 0 Å². The van der Waals surface area contributed by atoms with Gasteiger partial charge in [0.25, 0.3) is 0 Å². The lowest BCUT2D eigenvalue weighted by molar-refractivity contribution is 0.232. The molecule has 0 spiro atoms. The first-order valence-corrected chi connectivity index (χ1v) is 7.19. The molecule has 1 saturated heterocycles. The van der Waals surface area contributed by atoms with Crippen molar-refractivity contribution >= 4 is 11.6 Å². The van der Waals surface area contributed by atoms with Gasteiger partial charge in [-0.25, -0.2) is 0 Å². The Morgan fingerprint density at radius 3 is 2.78 bits per heavy atom. The van der Waals surface area contributed by atoms with Gasteiger partial charge in [0, 0.05) is 24.2 Å². The molecule has 0 radical (unpaired) electrons. The SMILES string of the molecule is CC(C)C1CCN(C(CN)c2cccc(Cl)c2)C1. The zero-order valence-electron chi connectivity index (χ0n) is 11.3. The lowest BCUT2D eigenvalue weighted by Crippen LogP contribution is -2.32. The van der Waals surface area contributed by atoms with Crippen molar-refractivity contribution in [2.24, 2.45) is 17.6 Å². The first-order valence-electron chi connectivity index (χ1n) is 6.81. The average Bonchev–Trinajstić information content (AvgIpc) is 2.80. The number of nitrogens with zero attached hydrogens (tertiary/aromatic N) is 1. The Bertz CT molecular complexity index is 392. The third-order valence-electron chi connectivity index (χ3n) is 4.10. The number of hydrogen-bond donors (Lipinski definition) is 1. The van der Waals surface area contributed by atoms with E-state index in [0.717, 1.165) is 29.9 Å². The molecule has 2 N–H and O–H groups in total. The Morgan fingerprint density at radius 1 is 1.44 bits per heavy atom. The Balaban J connectivity index is 2.10. The second kappa shape index (κ2) is 6.05. The summed E-state index contributed by atoms with van der Waals surface area (Å²) in [4.78, 5) is 2.51. The topological polar surface area (TPSA) is 29.3 Å². The van der Waals surface area contributed by atoms with Crippen LogP contribution < -0.4 is 5.73 Å². The fraction of sp³-hybridized carbons (Fsp3) is 0.600. The number of hydrogen-bond acceptors (Lipinski definition) is 2. The standard InChI is InChI=1S/C15H23ClN2/c1-11(2)13-6-7-18(10-13)15(9-17)12-4-3-5-14(16)8-12/h3-5,8,11,13,15H,6-7,9-10,17H2,1-2H3. The molecule has 3 heteroatoms. The van der Waals surface area contributed by atoms with E-state index in [2.05, 4.69) is 24.8 Å². The van der Waals surface area contributed by atoms with Gasteiger partial charge in [0.1, 0.15) is 0 Å². The van der Waals surface area contributed by atoms with Crippen molar-refractivity contribution in [1.82, 2.24) is 4.90 Å². The molecule has 1 fully saturated rings. The van der Waals surface area contributed by atoms with Crippen LogP contribution in [0.1, 0.15) is 31.9 Å². The summed E-state index contributed by atoms with van der Waals surface area (Å²) in [5.41, 5.74) is 7.22. The normalized spacial score (nSPS) is 22.6. The van der Waals surface area contributed by atoms with Gasteiger partial charge >= 0.3 is 0 Å². The maximum Gasteiger partial charge on any atom is 0.0471 e. The highest BCUT2D eigenvalue weighted by Crippen LogP contribution is 2.31. The summed E-state index contributed by atoms with van der Waals surface area (Å²) < 4.78 is 0. The monoisotopic (exact) mass is 266 g/mol. The zero-order valence-corrected chi connectivity index (χ0v) is 12.0. The highest BCUT2D eigenvalue weighted by molar-refractivity contribution is 6.30. The molecule has 2 atom stereocenters. The molecule has 2 rings (SSSR count). The van der Waals surface area contributed by atoms with E-state index in [1.165, 1.54) is 12.0 Å². The van der Waals surface area contributed by atoms with E-state index in [1.807, 2.05) is 18.2 Å². The van der Waals surface area contributed by atoms with Crippen molar-refractivity contribution in [2.75, 3.05) is 19.6 Å². The van der Waals surface area contributed by atoms with Crippen LogP contribution in [0.4, 0.5) is 0 Å². The molecular formula is C15H23ClN2. The Labute approximate surface area is 115 Å². The molecule has 1 aromatic carbocycles. The number of benzene rings is 1. The van der Waals surface area contributed by atoms with Crippen molar-refractivity contribution in [3.8, 4) is 0 Å². The summed E-state index contributed by atoms with van der Waals surface area (Å²) in [7, 11) is 0. The van der Waals surface area contributed by atoms with Crippen LogP contribution in [0.3, 0.4) is 0 Å². The van der Waals surface area contributed by atoms with Crippen molar-refractivity contribution in [1.29, 1.82) is 0 Å². The van der Waals surface area contributed by atoms with E-state index in [1.54, 1.807) is 0 Å². The molecule has 0 aliphatic carbocycles. The summed E-state index contributed by atoms with van der Waals surface area (Å²) in [6, 6.07) is 8.41. The van der Waals surface area contributed by atoms with Gasteiger partial charge in [-0.1, -0.05) is 37.6 Å². The van der Waals surface area contributed by atoms with Crippen LogP contribution in [0.2, 0.25) is 5.02 Å². The molecule has 1 aromatic rings. The van der Waals surface area contributed by atoms with E-state index in [4.69, 9.17) is 17.3 Å². The van der Waals surface area contributed by atoms with E-state index < -0.39 is 0 Å². The zero-order chi connectivity index (χ0) is 13.1. The molecule has 100 valence electrons. The summed E-state index contributed by atoms with van der Waals surface area (Å²) in [6.45, 7) is 7.59. The van der Waals surface area contributed by atoms with E-state index in [-0.39, 0.29) is 0 Å². The predicted molar refractivity (Wildman–Crippen MR) is 77.8 cm³/mol. The maximum atomic E-state index is 6.07. The van der Waals surface area contributed by atoms with E-state index in [0.29, 0.717) is 12.6 Å². The third kappa shape index (κ3) is 3.05. The van der Waals surface area contributed by atoms with Crippen molar-refractivity contribution in [2.45, 2.75) is 26.3 Å². The molecule has 18 heavy (non-hydrogen) atoms. The lowest BCUT2D eigenvalue weighted by Gasteiger charge is -2.27. The number of rotatable bonds is 4. The highest BCUT2D eigenvalue weighted by Gasteiger charge is 2.29. The minimum atomic E-state index is 0.312. The molecule has 1 aliphatic rings. The van der Waals surface area contributed by atoms with Gasteiger partial charge in [0.05, 0.1) is 0 Å². The van der Waals surface area contributed by atoms with Crippen LogP contribution in [-0.2, 0) is 0 Å². The van der Waals surface area contributed by atoms with E-state index in [9.17, 15) is 0 Å². The van der Waals surface area contributed by atoms with Gasteiger partial charge in [0.15, 0.2) is 0 Å². The first kappa shape index (κ1) is 13.9. The highest BCUT2D eigenvalue weighted by atomic mass is 35.5. The van der Waals surface area contributed by atoms with Crippen molar-refractivity contribution in [3.05, 3.63) is 34.9 Å². The maximum absolute atomic E-state index is 6.07. The van der Waals surface area contributed by atoms with Crippen LogP contribution in [-0.4, -0.2) is 24.5 Å². The molecule has 2 nitrogen and oxygen atoms in total. The first-order chi connectivity index (χ1) is 8.61. The average molecular weight is 267 g/mol. The molecule has 2 unspecified atom stereocenters.